The second-order valence-electron chi connectivity index (χ2n) is 14.0. The van der Waals surface area contributed by atoms with Crippen LogP contribution in [0, 0.1) is 0 Å². The minimum Gasteiger partial charge on any atom is -0.455 e. The summed E-state index contributed by atoms with van der Waals surface area (Å²) in [6.45, 7) is 15.3. The Bertz CT molecular complexity index is 2810. The first kappa shape index (κ1) is 34.2. The molecular weight excluding hydrogens is 643 g/mol. The highest BCUT2D eigenvalue weighted by Gasteiger charge is 2.25. The molecule has 1 aliphatic rings. The van der Waals surface area contributed by atoms with E-state index in [2.05, 4.69) is 167 Å². The molecular formula is C51H47NO. The average molecular weight is 690 g/mol. The molecule has 2 aromatic heterocycles. The van der Waals surface area contributed by atoms with Crippen LogP contribution in [0.1, 0.15) is 75.5 Å². The van der Waals surface area contributed by atoms with Gasteiger partial charge in [-0.15, -0.1) is 0 Å². The summed E-state index contributed by atoms with van der Waals surface area (Å²) < 4.78 is 9.00. The summed E-state index contributed by atoms with van der Waals surface area (Å²) >= 11 is 0. The maximum Gasteiger partial charge on any atom is 0.142 e. The molecule has 0 spiro atoms. The minimum absolute atomic E-state index is 0.910. The van der Waals surface area contributed by atoms with Crippen molar-refractivity contribution in [2.24, 2.45) is 0 Å². The van der Waals surface area contributed by atoms with Crippen LogP contribution in [-0.4, -0.2) is 4.57 Å². The van der Waals surface area contributed by atoms with Crippen molar-refractivity contribution in [3.63, 3.8) is 0 Å². The van der Waals surface area contributed by atoms with Crippen LogP contribution < -0.4 is 10.6 Å². The van der Waals surface area contributed by atoms with Gasteiger partial charge in [0.25, 0.3) is 0 Å². The largest absolute Gasteiger partial charge is 0.455 e. The van der Waals surface area contributed by atoms with E-state index in [1.807, 2.05) is 12.1 Å². The predicted molar refractivity (Wildman–Crippen MR) is 231 cm³/mol. The molecule has 0 N–H and O–H groups in total. The molecule has 0 radical (unpaired) electrons. The van der Waals surface area contributed by atoms with Gasteiger partial charge >= 0.3 is 0 Å². The van der Waals surface area contributed by atoms with E-state index in [0.29, 0.717) is 0 Å². The molecule has 0 aliphatic heterocycles. The summed E-state index contributed by atoms with van der Waals surface area (Å²) in [5.41, 5.74) is 13.4. The van der Waals surface area contributed by atoms with Crippen LogP contribution in [0.25, 0.3) is 78.4 Å². The Kier molecular flexibility index (Phi) is 9.22. The number of hydrogen-bond acceptors (Lipinski definition) is 1. The molecule has 0 atom stereocenters. The monoisotopic (exact) mass is 689 g/mol. The number of aromatic nitrogens is 1. The lowest BCUT2D eigenvalue weighted by atomic mass is 9.89. The van der Waals surface area contributed by atoms with Gasteiger partial charge in [-0.3, -0.25) is 0 Å². The van der Waals surface area contributed by atoms with Crippen LogP contribution in [0.3, 0.4) is 0 Å². The summed E-state index contributed by atoms with van der Waals surface area (Å²) in [6.07, 6.45) is 19.4. The maximum atomic E-state index is 6.50. The molecule has 0 saturated carbocycles. The van der Waals surface area contributed by atoms with Gasteiger partial charge in [-0.1, -0.05) is 124 Å². The van der Waals surface area contributed by atoms with Gasteiger partial charge in [-0.2, -0.15) is 0 Å². The fourth-order valence-corrected chi connectivity index (χ4v) is 8.69. The van der Waals surface area contributed by atoms with E-state index in [-0.39, 0.29) is 0 Å². The molecule has 0 amide bonds. The zero-order valence-electron chi connectivity index (χ0n) is 31.6. The molecule has 53 heavy (non-hydrogen) atoms. The first-order valence-corrected chi connectivity index (χ1v) is 19.1. The van der Waals surface area contributed by atoms with Crippen molar-refractivity contribution >= 4 is 78.4 Å². The molecule has 5 aromatic carbocycles. The summed E-state index contributed by atoms with van der Waals surface area (Å²) in [4.78, 5) is 0. The average Bonchev–Trinajstić information content (AvgIpc) is 3.73. The van der Waals surface area contributed by atoms with Crippen LogP contribution in [0.2, 0.25) is 0 Å². The van der Waals surface area contributed by atoms with Gasteiger partial charge in [-0.25, -0.2) is 0 Å². The Hall–Kier alpha value is -5.86. The zero-order valence-corrected chi connectivity index (χ0v) is 31.6. The van der Waals surface area contributed by atoms with Gasteiger partial charge < -0.3 is 8.98 Å². The molecule has 0 saturated heterocycles. The van der Waals surface area contributed by atoms with E-state index in [4.69, 9.17) is 4.42 Å². The number of furan rings is 1. The van der Waals surface area contributed by atoms with Crippen molar-refractivity contribution < 1.29 is 4.42 Å². The molecule has 1 aliphatic carbocycles. The van der Waals surface area contributed by atoms with Gasteiger partial charge in [0.05, 0.1) is 0 Å². The Balaban J connectivity index is 1.25. The summed E-state index contributed by atoms with van der Waals surface area (Å²) in [7, 11) is 0. The third-order valence-corrected chi connectivity index (χ3v) is 11.2. The highest BCUT2D eigenvalue weighted by Crippen LogP contribution is 2.39. The van der Waals surface area contributed by atoms with Crippen LogP contribution in [0.15, 0.2) is 132 Å². The number of allylic oxidation sites excluding steroid dienone is 7. The third kappa shape index (κ3) is 5.74. The Morgan fingerprint density at radius 2 is 1.42 bits per heavy atom. The molecule has 8 rings (SSSR count). The van der Waals surface area contributed by atoms with Crippen molar-refractivity contribution in [1.82, 2.24) is 4.57 Å². The van der Waals surface area contributed by atoms with E-state index >= 15 is 0 Å². The van der Waals surface area contributed by atoms with Gasteiger partial charge in [-0.05, 0) is 137 Å². The van der Waals surface area contributed by atoms with Crippen LogP contribution in [-0.2, 0) is 12.8 Å². The van der Waals surface area contributed by atoms with E-state index < -0.39 is 0 Å². The van der Waals surface area contributed by atoms with Gasteiger partial charge in [0.2, 0.25) is 0 Å². The second kappa shape index (κ2) is 14.3. The lowest BCUT2D eigenvalue weighted by Crippen LogP contribution is -2.23. The molecule has 262 valence electrons. The van der Waals surface area contributed by atoms with Crippen molar-refractivity contribution in [1.29, 1.82) is 0 Å². The lowest BCUT2D eigenvalue weighted by molar-refractivity contribution is 0.572. The minimum atomic E-state index is 0.910. The SMILES string of the molecule is C=C/C(C1=Cc2c(CC)c(/C=C\C)n(/C(C)=C/C=C(\CC)c3ccc4c5ccccc5c5ccccc5c4c3)c2CC1)=c1/oc2ccccc2/c1=C/C. The number of rotatable bonds is 8. The predicted octanol–water partition coefficient (Wildman–Crippen LogP) is 12.8. The second-order valence-corrected chi connectivity index (χ2v) is 14.0. The summed E-state index contributed by atoms with van der Waals surface area (Å²) in [5, 5.41) is 10.1. The first-order chi connectivity index (χ1) is 26.0. The molecule has 0 bridgehead atoms. The van der Waals surface area contributed by atoms with Crippen LogP contribution in [0.5, 0.6) is 0 Å². The molecule has 2 heteroatoms. The molecule has 0 unspecified atom stereocenters. The number of nitrogens with zero attached hydrogens (tertiary/aromatic N) is 1. The Morgan fingerprint density at radius 3 is 2.04 bits per heavy atom. The number of hydrogen-bond donors (Lipinski definition) is 0. The van der Waals surface area contributed by atoms with Gasteiger partial charge in [0.1, 0.15) is 11.0 Å². The smallest absolute Gasteiger partial charge is 0.142 e. The highest BCUT2D eigenvalue weighted by molar-refractivity contribution is 6.25. The van der Waals surface area contributed by atoms with Gasteiger partial charge in [0, 0.05) is 33.3 Å². The van der Waals surface area contributed by atoms with Crippen molar-refractivity contribution in [2.45, 2.75) is 60.3 Å². The fraction of sp³-hybridized carbons (Fsp3) is 0.176. The Labute approximate surface area is 312 Å². The van der Waals surface area contributed by atoms with Crippen molar-refractivity contribution in [3.05, 3.63) is 166 Å². The topological polar surface area (TPSA) is 18.1 Å². The highest BCUT2D eigenvalue weighted by atomic mass is 16.3. The standard InChI is InChI=1S/C51H47NO/c1-7-18-48-38(10-4)47-32-36(37(9-3)51-39(11-5)45-23-16-17-24-50(45)53-51)28-30-49(47)52(48)33(6)25-26-34(8-2)35-27-29-44-42-21-13-12-19-40(42)41-20-14-15-22-43(41)46(44)31-35/h7,9,11-27,29,31-32H,3,8,10,28,30H2,1-2,4-6H3/b18-7-,33-25+,34-26+,39-11-,51-37-. The van der Waals surface area contributed by atoms with Crippen molar-refractivity contribution in [2.75, 3.05) is 0 Å². The maximum absolute atomic E-state index is 6.50. The number of fused-ring (bicyclic) bond motifs is 8. The van der Waals surface area contributed by atoms with E-state index in [1.54, 1.807) is 0 Å². The third-order valence-electron chi connectivity index (χ3n) is 11.2. The lowest BCUT2D eigenvalue weighted by Gasteiger charge is -2.18. The van der Waals surface area contributed by atoms with E-state index in [0.717, 1.165) is 52.9 Å². The molecule has 2 heterocycles. The number of para-hydroxylation sites is 1. The van der Waals surface area contributed by atoms with Gasteiger partial charge in [0.15, 0.2) is 0 Å². The van der Waals surface area contributed by atoms with E-state index in [1.165, 1.54) is 77.2 Å². The van der Waals surface area contributed by atoms with Crippen molar-refractivity contribution in [3.8, 4) is 0 Å². The normalized spacial score (nSPS) is 14.9. The molecule has 2 nitrogen and oxygen atoms in total. The molecule has 7 aromatic rings. The van der Waals surface area contributed by atoms with Crippen LogP contribution in [0.4, 0.5) is 0 Å². The zero-order chi connectivity index (χ0) is 36.6. The quantitative estimate of drug-likeness (QED) is 0.115. The Morgan fingerprint density at radius 1 is 0.774 bits per heavy atom. The fourth-order valence-electron chi connectivity index (χ4n) is 8.69. The summed E-state index contributed by atoms with van der Waals surface area (Å²) in [6, 6.07) is 33.0. The van der Waals surface area contributed by atoms with Crippen LogP contribution >= 0.6 is 0 Å². The first-order valence-electron chi connectivity index (χ1n) is 19.1. The summed E-state index contributed by atoms with van der Waals surface area (Å²) in [5.74, 6) is 0. The number of benzene rings is 5. The van der Waals surface area contributed by atoms with E-state index in [9.17, 15) is 0 Å². The molecule has 0 fully saturated rings.